The van der Waals surface area contributed by atoms with E-state index in [4.69, 9.17) is 10.5 Å². The molecule has 0 aromatic carbocycles. The maximum absolute atomic E-state index is 5.90. The van der Waals surface area contributed by atoms with E-state index in [1.54, 1.807) is 0 Å². The first-order valence-electron chi connectivity index (χ1n) is 4.63. The maximum Gasteiger partial charge on any atom is 0.0723 e. The third-order valence-corrected chi connectivity index (χ3v) is 1.88. The minimum Gasteiger partial charge on any atom is -0.377 e. The van der Waals surface area contributed by atoms with Gasteiger partial charge in [0.25, 0.3) is 0 Å². The Labute approximate surface area is 70.1 Å². The van der Waals surface area contributed by atoms with E-state index in [1.807, 2.05) is 6.92 Å². The van der Waals surface area contributed by atoms with Crippen molar-refractivity contribution in [3.8, 4) is 0 Å². The highest BCUT2D eigenvalue weighted by atomic mass is 16.5. The number of hydrogen-bond donors (Lipinski definition) is 1. The van der Waals surface area contributed by atoms with Crippen LogP contribution in [-0.2, 0) is 4.74 Å². The van der Waals surface area contributed by atoms with E-state index in [2.05, 4.69) is 13.8 Å². The summed E-state index contributed by atoms with van der Waals surface area (Å²) < 4.78 is 5.48. The highest BCUT2D eigenvalue weighted by Crippen LogP contribution is 2.07. The molecule has 2 heteroatoms. The molecule has 0 bridgehead atoms. The summed E-state index contributed by atoms with van der Waals surface area (Å²) in [6, 6.07) is 0.227. The molecule has 0 saturated carbocycles. The van der Waals surface area contributed by atoms with Crippen molar-refractivity contribution < 1.29 is 4.74 Å². The Balaban J connectivity index is 3.61. The fourth-order valence-electron chi connectivity index (χ4n) is 1.28. The standard InChI is InChI=1S/C9H21NO/c1-4-7-8(10)9(5-2)11-6-3/h8-9H,4-7,10H2,1-3H3/t8-,9?/m1/s1. The molecule has 0 rings (SSSR count). The molecule has 0 radical (unpaired) electrons. The second-order valence-electron chi connectivity index (χ2n) is 2.85. The van der Waals surface area contributed by atoms with E-state index in [1.165, 1.54) is 0 Å². The minimum absolute atomic E-state index is 0.227. The van der Waals surface area contributed by atoms with Gasteiger partial charge in [-0.1, -0.05) is 20.3 Å². The number of nitrogens with two attached hydrogens (primary N) is 1. The van der Waals surface area contributed by atoms with Crippen molar-refractivity contribution in [1.29, 1.82) is 0 Å². The van der Waals surface area contributed by atoms with Gasteiger partial charge in [0.1, 0.15) is 0 Å². The average Bonchev–Trinajstić information content (AvgIpc) is 2.00. The second kappa shape index (κ2) is 6.62. The molecule has 0 aliphatic carbocycles. The monoisotopic (exact) mass is 159 g/mol. The molecule has 2 nitrogen and oxygen atoms in total. The zero-order valence-electron chi connectivity index (χ0n) is 7.97. The van der Waals surface area contributed by atoms with Gasteiger partial charge in [0, 0.05) is 12.6 Å². The number of rotatable bonds is 6. The van der Waals surface area contributed by atoms with Gasteiger partial charge in [0.2, 0.25) is 0 Å². The summed E-state index contributed by atoms with van der Waals surface area (Å²) in [7, 11) is 0. The fourth-order valence-corrected chi connectivity index (χ4v) is 1.28. The summed E-state index contributed by atoms with van der Waals surface area (Å²) in [5.74, 6) is 0. The first kappa shape index (κ1) is 10.9. The zero-order chi connectivity index (χ0) is 8.69. The van der Waals surface area contributed by atoms with Crippen LogP contribution in [0.15, 0.2) is 0 Å². The van der Waals surface area contributed by atoms with E-state index in [-0.39, 0.29) is 12.1 Å². The van der Waals surface area contributed by atoms with Crippen LogP contribution in [0.2, 0.25) is 0 Å². The van der Waals surface area contributed by atoms with Crippen molar-refractivity contribution in [1.82, 2.24) is 0 Å². The smallest absolute Gasteiger partial charge is 0.0723 e. The van der Waals surface area contributed by atoms with E-state index in [9.17, 15) is 0 Å². The highest BCUT2D eigenvalue weighted by molar-refractivity contribution is 4.71. The van der Waals surface area contributed by atoms with Gasteiger partial charge in [0.05, 0.1) is 6.10 Å². The van der Waals surface area contributed by atoms with Crippen LogP contribution in [0, 0.1) is 0 Å². The lowest BCUT2D eigenvalue weighted by atomic mass is 10.1. The van der Waals surface area contributed by atoms with Crippen LogP contribution in [0.3, 0.4) is 0 Å². The molecule has 0 amide bonds. The van der Waals surface area contributed by atoms with Gasteiger partial charge in [-0.2, -0.15) is 0 Å². The predicted molar refractivity (Wildman–Crippen MR) is 48.6 cm³/mol. The van der Waals surface area contributed by atoms with Crippen molar-refractivity contribution in [2.45, 2.75) is 52.2 Å². The van der Waals surface area contributed by atoms with Gasteiger partial charge in [0.15, 0.2) is 0 Å². The van der Waals surface area contributed by atoms with E-state index >= 15 is 0 Å². The molecule has 0 aliphatic heterocycles. The minimum atomic E-state index is 0.227. The summed E-state index contributed by atoms with van der Waals surface area (Å²) in [4.78, 5) is 0. The molecule has 68 valence electrons. The van der Waals surface area contributed by atoms with Crippen LogP contribution in [-0.4, -0.2) is 18.8 Å². The number of ether oxygens (including phenoxy) is 1. The van der Waals surface area contributed by atoms with Gasteiger partial charge in [-0.15, -0.1) is 0 Å². The normalized spacial score (nSPS) is 16.4. The van der Waals surface area contributed by atoms with Crippen molar-refractivity contribution in [3.05, 3.63) is 0 Å². The lowest BCUT2D eigenvalue weighted by molar-refractivity contribution is 0.0395. The topological polar surface area (TPSA) is 35.2 Å². The third kappa shape index (κ3) is 4.38. The van der Waals surface area contributed by atoms with Crippen molar-refractivity contribution in [2.75, 3.05) is 6.61 Å². The van der Waals surface area contributed by atoms with Crippen LogP contribution >= 0.6 is 0 Å². The first-order chi connectivity index (χ1) is 5.26. The Hall–Kier alpha value is -0.0800. The quantitative estimate of drug-likeness (QED) is 0.642. The molecule has 0 spiro atoms. The van der Waals surface area contributed by atoms with Crippen molar-refractivity contribution in [3.63, 3.8) is 0 Å². The Bertz CT molecular complexity index is 85.6. The summed E-state index contributed by atoms with van der Waals surface area (Å²) in [5.41, 5.74) is 5.90. The average molecular weight is 159 g/mol. The molecule has 2 N–H and O–H groups in total. The highest BCUT2D eigenvalue weighted by Gasteiger charge is 2.14. The molecular formula is C9H21NO. The molecule has 2 atom stereocenters. The Morgan fingerprint density at radius 1 is 1.27 bits per heavy atom. The maximum atomic E-state index is 5.90. The first-order valence-corrected chi connectivity index (χ1v) is 4.63. The van der Waals surface area contributed by atoms with Crippen molar-refractivity contribution >= 4 is 0 Å². The van der Waals surface area contributed by atoms with Crippen LogP contribution in [0.4, 0.5) is 0 Å². The molecule has 0 saturated heterocycles. The summed E-state index contributed by atoms with van der Waals surface area (Å²) in [5, 5.41) is 0. The largest absolute Gasteiger partial charge is 0.377 e. The van der Waals surface area contributed by atoms with Gasteiger partial charge in [-0.25, -0.2) is 0 Å². The van der Waals surface area contributed by atoms with Crippen LogP contribution in [0.25, 0.3) is 0 Å². The van der Waals surface area contributed by atoms with Crippen LogP contribution in [0.1, 0.15) is 40.0 Å². The second-order valence-corrected chi connectivity index (χ2v) is 2.85. The SMILES string of the molecule is CCC[C@@H](N)C(CC)OCC. The lowest BCUT2D eigenvalue weighted by Gasteiger charge is -2.21. The van der Waals surface area contributed by atoms with E-state index in [0.717, 1.165) is 25.9 Å². The summed E-state index contributed by atoms with van der Waals surface area (Å²) in [6.07, 6.45) is 3.50. The lowest BCUT2D eigenvalue weighted by Crippen LogP contribution is -2.36. The van der Waals surface area contributed by atoms with Crippen molar-refractivity contribution in [2.24, 2.45) is 5.73 Å². The van der Waals surface area contributed by atoms with Gasteiger partial charge < -0.3 is 10.5 Å². The molecule has 0 aromatic heterocycles. The van der Waals surface area contributed by atoms with Gasteiger partial charge in [-0.05, 0) is 19.8 Å². The molecule has 1 unspecified atom stereocenters. The van der Waals surface area contributed by atoms with Crippen LogP contribution < -0.4 is 5.73 Å². The van der Waals surface area contributed by atoms with E-state index in [0.29, 0.717) is 0 Å². The molecular weight excluding hydrogens is 138 g/mol. The van der Waals surface area contributed by atoms with Crippen LogP contribution in [0.5, 0.6) is 0 Å². The third-order valence-electron chi connectivity index (χ3n) is 1.88. The molecule has 0 heterocycles. The summed E-state index contributed by atoms with van der Waals surface area (Å²) in [6.45, 7) is 7.06. The molecule has 0 fully saturated rings. The Kier molecular flexibility index (Phi) is 6.57. The Morgan fingerprint density at radius 3 is 2.27 bits per heavy atom. The fraction of sp³-hybridized carbons (Fsp3) is 1.00. The molecule has 11 heavy (non-hydrogen) atoms. The predicted octanol–water partition coefficient (Wildman–Crippen LogP) is 1.93. The Morgan fingerprint density at radius 2 is 1.91 bits per heavy atom. The molecule has 0 aromatic rings. The van der Waals surface area contributed by atoms with E-state index < -0.39 is 0 Å². The number of hydrogen-bond acceptors (Lipinski definition) is 2. The summed E-state index contributed by atoms with van der Waals surface area (Å²) >= 11 is 0. The van der Waals surface area contributed by atoms with Gasteiger partial charge >= 0.3 is 0 Å². The molecule has 0 aliphatic rings. The zero-order valence-corrected chi connectivity index (χ0v) is 7.97. The van der Waals surface area contributed by atoms with Gasteiger partial charge in [-0.3, -0.25) is 0 Å².